The first-order chi connectivity index (χ1) is 8.33. The molecule has 0 amide bonds. The number of anilines is 1. The molecule has 0 spiro atoms. The zero-order chi connectivity index (χ0) is 11.7. The quantitative estimate of drug-likeness (QED) is 0.827. The molecule has 1 fully saturated rings. The van der Waals surface area contributed by atoms with Crippen molar-refractivity contribution in [2.45, 2.75) is 12.1 Å². The molecule has 0 aromatic heterocycles. The van der Waals surface area contributed by atoms with Crippen molar-refractivity contribution in [1.82, 2.24) is 0 Å². The predicted molar refractivity (Wildman–Crippen MR) is 68.2 cm³/mol. The van der Waals surface area contributed by atoms with E-state index in [9.17, 15) is 5.11 Å². The van der Waals surface area contributed by atoms with E-state index in [2.05, 4.69) is 29.6 Å². The fourth-order valence-corrected chi connectivity index (χ4v) is 2.17. The number of hydrogen-bond donors (Lipinski definition) is 2. The highest BCUT2D eigenvalue weighted by atomic mass is 16.5. The van der Waals surface area contributed by atoms with Crippen molar-refractivity contribution in [3.8, 4) is 0 Å². The molecule has 2 unspecified atom stereocenters. The van der Waals surface area contributed by atoms with E-state index in [0.717, 1.165) is 5.69 Å². The highest BCUT2D eigenvalue weighted by Gasteiger charge is 2.25. The largest absolute Gasteiger partial charge is 0.388 e. The van der Waals surface area contributed by atoms with Crippen LogP contribution in [-0.4, -0.2) is 30.5 Å². The summed E-state index contributed by atoms with van der Waals surface area (Å²) in [5.74, 6) is 0. The zero-order valence-corrected chi connectivity index (χ0v) is 9.47. The van der Waals surface area contributed by atoms with Gasteiger partial charge in [-0.2, -0.15) is 0 Å². The van der Waals surface area contributed by atoms with Crippen molar-refractivity contribution in [3.05, 3.63) is 42.5 Å². The Kier molecular flexibility index (Phi) is 2.71. The third-order valence-electron chi connectivity index (χ3n) is 3.15. The average Bonchev–Trinajstić information content (AvgIpc) is 2.75. The van der Waals surface area contributed by atoms with E-state index in [1.54, 1.807) is 0 Å². The van der Waals surface area contributed by atoms with Crippen LogP contribution in [0.25, 0.3) is 10.8 Å². The van der Waals surface area contributed by atoms with Gasteiger partial charge >= 0.3 is 0 Å². The lowest BCUT2D eigenvalue weighted by Crippen LogP contribution is -2.31. The second kappa shape index (κ2) is 4.35. The molecule has 3 heteroatoms. The van der Waals surface area contributed by atoms with Crippen LogP contribution in [-0.2, 0) is 4.74 Å². The van der Waals surface area contributed by atoms with Crippen LogP contribution in [0.3, 0.4) is 0 Å². The molecule has 2 aromatic rings. The lowest BCUT2D eigenvalue weighted by Gasteiger charge is -2.16. The van der Waals surface area contributed by atoms with E-state index < -0.39 is 6.10 Å². The van der Waals surface area contributed by atoms with Gasteiger partial charge in [-0.25, -0.2) is 0 Å². The van der Waals surface area contributed by atoms with Gasteiger partial charge in [-0.05, 0) is 22.9 Å². The zero-order valence-electron chi connectivity index (χ0n) is 9.47. The number of nitrogens with one attached hydrogen (secondary N) is 1. The minimum Gasteiger partial charge on any atom is -0.388 e. The Labute approximate surface area is 100 Å². The fourth-order valence-electron chi connectivity index (χ4n) is 2.17. The molecule has 3 rings (SSSR count). The van der Waals surface area contributed by atoms with Crippen molar-refractivity contribution >= 4 is 16.5 Å². The van der Waals surface area contributed by atoms with E-state index in [1.165, 1.54) is 10.8 Å². The van der Waals surface area contributed by atoms with Crippen LogP contribution in [0, 0.1) is 0 Å². The van der Waals surface area contributed by atoms with Gasteiger partial charge in [-0.3, -0.25) is 0 Å². The summed E-state index contributed by atoms with van der Waals surface area (Å²) < 4.78 is 5.22. The maximum atomic E-state index is 9.68. The van der Waals surface area contributed by atoms with Gasteiger partial charge in [-0.1, -0.05) is 30.3 Å². The van der Waals surface area contributed by atoms with Crippen LogP contribution >= 0.6 is 0 Å². The van der Waals surface area contributed by atoms with Gasteiger partial charge < -0.3 is 15.2 Å². The molecule has 2 atom stereocenters. The van der Waals surface area contributed by atoms with Gasteiger partial charge in [0.05, 0.1) is 25.4 Å². The van der Waals surface area contributed by atoms with E-state index >= 15 is 0 Å². The molecule has 1 aliphatic rings. The number of benzene rings is 2. The summed E-state index contributed by atoms with van der Waals surface area (Å²) in [5, 5.41) is 15.4. The number of hydrogen-bond acceptors (Lipinski definition) is 3. The number of aliphatic hydroxyl groups excluding tert-OH is 1. The normalized spacial score (nSPS) is 24.1. The van der Waals surface area contributed by atoms with Crippen LogP contribution in [0.1, 0.15) is 0 Å². The maximum Gasteiger partial charge on any atom is 0.0996 e. The summed E-state index contributed by atoms with van der Waals surface area (Å²) in [5.41, 5.74) is 1.03. The van der Waals surface area contributed by atoms with Gasteiger partial charge in [0, 0.05) is 5.69 Å². The molecule has 2 N–H and O–H groups in total. The molecule has 0 aliphatic carbocycles. The van der Waals surface area contributed by atoms with Crippen molar-refractivity contribution in [2.24, 2.45) is 0 Å². The second-order valence-corrected chi connectivity index (χ2v) is 4.42. The Morgan fingerprint density at radius 1 is 1.06 bits per heavy atom. The Bertz CT molecular complexity index is 526. The first-order valence-electron chi connectivity index (χ1n) is 5.84. The van der Waals surface area contributed by atoms with Gasteiger partial charge in [0.1, 0.15) is 0 Å². The van der Waals surface area contributed by atoms with E-state index in [4.69, 9.17) is 4.74 Å². The summed E-state index contributed by atoms with van der Waals surface area (Å²) in [6.45, 7) is 0.985. The summed E-state index contributed by atoms with van der Waals surface area (Å²) in [6, 6.07) is 14.4. The molecule has 0 radical (unpaired) electrons. The van der Waals surface area contributed by atoms with Crippen LogP contribution in [0.2, 0.25) is 0 Å². The van der Waals surface area contributed by atoms with Crippen LogP contribution < -0.4 is 5.32 Å². The Morgan fingerprint density at radius 2 is 1.88 bits per heavy atom. The summed E-state index contributed by atoms with van der Waals surface area (Å²) in [6.07, 6.45) is -0.415. The molecule has 1 aliphatic heterocycles. The first-order valence-corrected chi connectivity index (χ1v) is 5.84. The fraction of sp³-hybridized carbons (Fsp3) is 0.286. The summed E-state index contributed by atoms with van der Waals surface area (Å²) in [7, 11) is 0. The molecule has 3 nitrogen and oxygen atoms in total. The number of ether oxygens (including phenoxy) is 1. The number of fused-ring (bicyclic) bond motifs is 1. The molecular weight excluding hydrogens is 214 g/mol. The molecule has 0 saturated carbocycles. The standard InChI is InChI=1S/C14H15NO2/c16-14-9-17-8-13(14)15-12-6-5-10-3-1-2-4-11(10)7-12/h1-7,13-16H,8-9H2. The Hall–Kier alpha value is -1.58. The van der Waals surface area contributed by atoms with Crippen molar-refractivity contribution in [3.63, 3.8) is 0 Å². The highest BCUT2D eigenvalue weighted by Crippen LogP contribution is 2.20. The third kappa shape index (κ3) is 2.12. The number of rotatable bonds is 2. The lowest BCUT2D eigenvalue weighted by atomic mass is 10.1. The van der Waals surface area contributed by atoms with Gasteiger partial charge in [0.2, 0.25) is 0 Å². The van der Waals surface area contributed by atoms with Crippen molar-refractivity contribution < 1.29 is 9.84 Å². The van der Waals surface area contributed by atoms with Crippen LogP contribution in [0.4, 0.5) is 5.69 Å². The molecule has 17 heavy (non-hydrogen) atoms. The van der Waals surface area contributed by atoms with E-state index in [-0.39, 0.29) is 6.04 Å². The SMILES string of the molecule is OC1COCC1Nc1ccc2ccccc2c1. The highest BCUT2D eigenvalue weighted by molar-refractivity contribution is 5.85. The molecule has 1 heterocycles. The van der Waals surface area contributed by atoms with Gasteiger partial charge in [0.25, 0.3) is 0 Å². The minimum absolute atomic E-state index is 0.00355. The Morgan fingerprint density at radius 3 is 2.65 bits per heavy atom. The molecule has 88 valence electrons. The van der Waals surface area contributed by atoms with E-state index in [0.29, 0.717) is 13.2 Å². The molecule has 0 bridgehead atoms. The average molecular weight is 229 g/mol. The molecule has 1 saturated heterocycles. The Balaban J connectivity index is 1.85. The van der Waals surface area contributed by atoms with Crippen LogP contribution in [0.15, 0.2) is 42.5 Å². The van der Waals surface area contributed by atoms with Crippen molar-refractivity contribution in [2.75, 3.05) is 18.5 Å². The smallest absolute Gasteiger partial charge is 0.0996 e. The number of aliphatic hydroxyl groups is 1. The van der Waals surface area contributed by atoms with Crippen LogP contribution in [0.5, 0.6) is 0 Å². The monoisotopic (exact) mass is 229 g/mol. The maximum absolute atomic E-state index is 9.68. The summed E-state index contributed by atoms with van der Waals surface area (Å²) >= 11 is 0. The second-order valence-electron chi connectivity index (χ2n) is 4.42. The van der Waals surface area contributed by atoms with Gasteiger partial charge in [0.15, 0.2) is 0 Å². The summed E-state index contributed by atoms with van der Waals surface area (Å²) in [4.78, 5) is 0. The first kappa shape index (κ1) is 10.6. The third-order valence-corrected chi connectivity index (χ3v) is 3.15. The lowest BCUT2D eigenvalue weighted by molar-refractivity contribution is 0.125. The topological polar surface area (TPSA) is 41.5 Å². The molecule has 2 aromatic carbocycles. The van der Waals surface area contributed by atoms with Gasteiger partial charge in [-0.15, -0.1) is 0 Å². The molecular formula is C14H15NO2. The van der Waals surface area contributed by atoms with Crippen molar-refractivity contribution in [1.29, 1.82) is 0 Å². The van der Waals surface area contributed by atoms with E-state index in [1.807, 2.05) is 18.2 Å². The predicted octanol–water partition coefficient (Wildman–Crippen LogP) is 2.01. The minimum atomic E-state index is -0.415.